The second kappa shape index (κ2) is 12.4. The Morgan fingerprint density at radius 3 is 2.28 bits per heavy atom. The molecule has 0 fully saturated rings. The molecule has 1 amide bonds. The van der Waals surface area contributed by atoms with E-state index in [1.807, 2.05) is 57.4 Å². The minimum atomic E-state index is -4.39. The summed E-state index contributed by atoms with van der Waals surface area (Å²) in [6, 6.07) is 16.5. The number of rotatable bonds is 10. The fourth-order valence-corrected chi connectivity index (χ4v) is 3.60. The molecule has 190 valence electrons. The van der Waals surface area contributed by atoms with Gasteiger partial charge in [0.1, 0.15) is 0 Å². The van der Waals surface area contributed by atoms with E-state index in [1.54, 1.807) is 17.2 Å². The summed E-state index contributed by atoms with van der Waals surface area (Å²) in [5.41, 5.74) is 3.60. The van der Waals surface area contributed by atoms with Crippen LogP contribution in [0.4, 0.5) is 24.5 Å². The van der Waals surface area contributed by atoms with E-state index >= 15 is 0 Å². The van der Waals surface area contributed by atoms with Crippen molar-refractivity contribution in [2.24, 2.45) is 0 Å². The summed E-state index contributed by atoms with van der Waals surface area (Å²) in [6.45, 7) is 3.76. The Kier molecular flexibility index (Phi) is 9.25. The van der Waals surface area contributed by atoms with Crippen LogP contribution >= 0.6 is 0 Å². The molecule has 0 radical (unpaired) electrons. The molecule has 8 heteroatoms. The molecule has 3 aromatic rings. The molecule has 0 aliphatic rings. The number of carbonyl (C=O) groups excluding carboxylic acids is 1. The number of carbonyl (C=O) groups is 1. The van der Waals surface area contributed by atoms with Crippen molar-refractivity contribution in [2.45, 2.75) is 26.1 Å². The first-order chi connectivity index (χ1) is 17.1. The first-order valence-corrected chi connectivity index (χ1v) is 11.7. The maximum Gasteiger partial charge on any atom is 0.416 e. The van der Waals surface area contributed by atoms with Crippen molar-refractivity contribution in [1.82, 2.24) is 14.8 Å². The third kappa shape index (κ3) is 8.53. The molecule has 0 saturated carbocycles. The Morgan fingerprint density at radius 2 is 1.67 bits per heavy atom. The number of nitrogens with one attached hydrogen (secondary N) is 1. The molecule has 0 atom stereocenters. The number of halogens is 3. The van der Waals surface area contributed by atoms with E-state index in [4.69, 9.17) is 0 Å². The number of hydrogen-bond acceptors (Lipinski definition) is 4. The lowest BCUT2D eigenvalue weighted by molar-refractivity contribution is -0.137. The molecular weight excluding hydrogens is 465 g/mol. The summed E-state index contributed by atoms with van der Waals surface area (Å²) in [6.07, 6.45) is 1.13. The summed E-state index contributed by atoms with van der Waals surface area (Å²) in [5.74, 6) is -0.192. The highest BCUT2D eigenvalue weighted by molar-refractivity contribution is 5.91. The zero-order chi connectivity index (χ0) is 26.1. The summed E-state index contributed by atoms with van der Waals surface area (Å²) in [5, 5.41) is 3.34. The zero-order valence-corrected chi connectivity index (χ0v) is 20.7. The average Bonchev–Trinajstić information content (AvgIpc) is 2.82. The number of hydrogen-bond donors (Lipinski definition) is 1. The van der Waals surface area contributed by atoms with Gasteiger partial charge in [-0.3, -0.25) is 9.78 Å². The Balaban J connectivity index is 1.67. The highest BCUT2D eigenvalue weighted by atomic mass is 19.4. The van der Waals surface area contributed by atoms with Crippen LogP contribution < -0.4 is 5.32 Å². The van der Waals surface area contributed by atoms with Crippen LogP contribution in [-0.4, -0.2) is 47.9 Å². The van der Waals surface area contributed by atoms with Crippen LogP contribution in [0.25, 0.3) is 6.08 Å². The fraction of sp³-hybridized carbons (Fsp3) is 0.286. The largest absolute Gasteiger partial charge is 0.416 e. The number of amides is 1. The number of alkyl halides is 3. The van der Waals surface area contributed by atoms with Gasteiger partial charge in [-0.05, 0) is 87.6 Å². The van der Waals surface area contributed by atoms with Crippen molar-refractivity contribution in [3.8, 4) is 0 Å². The maximum absolute atomic E-state index is 13.0. The van der Waals surface area contributed by atoms with Crippen molar-refractivity contribution >= 4 is 23.4 Å². The highest BCUT2D eigenvalue weighted by Crippen LogP contribution is 2.29. The smallest absolute Gasteiger partial charge is 0.355 e. The van der Waals surface area contributed by atoms with E-state index in [0.29, 0.717) is 18.7 Å². The first kappa shape index (κ1) is 26.9. The molecule has 36 heavy (non-hydrogen) atoms. The maximum atomic E-state index is 13.0. The fourth-order valence-electron chi connectivity index (χ4n) is 3.60. The number of aromatic nitrogens is 1. The van der Waals surface area contributed by atoms with Gasteiger partial charge in [0.25, 0.3) is 0 Å². The predicted molar refractivity (Wildman–Crippen MR) is 138 cm³/mol. The van der Waals surface area contributed by atoms with E-state index in [9.17, 15) is 18.0 Å². The molecule has 0 saturated heterocycles. The van der Waals surface area contributed by atoms with Crippen LogP contribution in [0.5, 0.6) is 0 Å². The monoisotopic (exact) mass is 496 g/mol. The van der Waals surface area contributed by atoms with E-state index < -0.39 is 11.7 Å². The van der Waals surface area contributed by atoms with Crippen LogP contribution in [0.1, 0.15) is 28.8 Å². The van der Waals surface area contributed by atoms with Crippen molar-refractivity contribution in [1.29, 1.82) is 0 Å². The van der Waals surface area contributed by atoms with Crippen LogP contribution in [0.15, 0.2) is 72.9 Å². The molecule has 3 rings (SSSR count). The van der Waals surface area contributed by atoms with Gasteiger partial charge < -0.3 is 15.1 Å². The number of pyridine rings is 1. The number of nitrogens with zero attached hydrogens (tertiary/aromatic N) is 3. The molecule has 1 N–H and O–H groups in total. The molecule has 5 nitrogen and oxygen atoms in total. The van der Waals surface area contributed by atoms with Crippen LogP contribution in [0, 0.1) is 6.92 Å². The third-order valence-electron chi connectivity index (χ3n) is 5.51. The third-order valence-corrected chi connectivity index (χ3v) is 5.51. The van der Waals surface area contributed by atoms with Crippen LogP contribution in [0.2, 0.25) is 0 Å². The second-order valence-corrected chi connectivity index (χ2v) is 8.88. The molecule has 0 spiro atoms. The molecule has 0 aliphatic carbocycles. The van der Waals surface area contributed by atoms with Gasteiger partial charge in [0, 0.05) is 42.4 Å². The predicted octanol–water partition coefficient (Wildman–Crippen LogP) is 6.15. The Morgan fingerprint density at radius 1 is 0.972 bits per heavy atom. The molecule has 0 aliphatic heterocycles. The highest BCUT2D eigenvalue weighted by Gasteiger charge is 2.29. The van der Waals surface area contributed by atoms with Crippen LogP contribution in [-0.2, 0) is 17.5 Å². The standard InChI is InChI=1S/C28H31F3N4O/c1-21-19-26(15-16-32-21)33-25-12-7-23(8-13-25)20-35(18-4-17-34(2)3)27(36)14-9-22-5-10-24(11-6-22)28(29,30)31/h5-16,19H,4,17-18,20H2,1-3H3,(H,32,33). The first-order valence-electron chi connectivity index (χ1n) is 11.7. The van der Waals surface area contributed by atoms with Gasteiger partial charge in [0.15, 0.2) is 0 Å². The summed E-state index contributed by atoms with van der Waals surface area (Å²) in [4.78, 5) is 21.0. The van der Waals surface area contributed by atoms with E-state index in [-0.39, 0.29) is 5.91 Å². The Labute approximate surface area is 210 Å². The van der Waals surface area contributed by atoms with Gasteiger partial charge in [0.2, 0.25) is 5.91 Å². The SMILES string of the molecule is Cc1cc(Nc2ccc(CN(CCCN(C)C)C(=O)C=Cc3ccc(C(F)(F)F)cc3)cc2)ccn1. The lowest BCUT2D eigenvalue weighted by atomic mass is 10.1. The van der Waals surface area contributed by atoms with Gasteiger partial charge >= 0.3 is 6.18 Å². The van der Waals surface area contributed by atoms with Gasteiger partial charge in [-0.1, -0.05) is 24.3 Å². The summed E-state index contributed by atoms with van der Waals surface area (Å²) < 4.78 is 38.3. The van der Waals surface area contributed by atoms with Crippen molar-refractivity contribution in [3.05, 3.63) is 95.3 Å². The number of anilines is 2. The topological polar surface area (TPSA) is 48.5 Å². The van der Waals surface area contributed by atoms with Crippen molar-refractivity contribution in [2.75, 3.05) is 32.5 Å². The zero-order valence-electron chi connectivity index (χ0n) is 20.7. The minimum absolute atomic E-state index is 0.192. The van der Waals surface area contributed by atoms with Crippen molar-refractivity contribution < 1.29 is 18.0 Å². The van der Waals surface area contributed by atoms with E-state index in [1.165, 1.54) is 18.2 Å². The van der Waals surface area contributed by atoms with Crippen molar-refractivity contribution in [3.63, 3.8) is 0 Å². The lowest BCUT2D eigenvalue weighted by Crippen LogP contribution is -2.31. The number of aryl methyl sites for hydroxylation is 1. The Bertz CT molecular complexity index is 1160. The number of benzene rings is 2. The lowest BCUT2D eigenvalue weighted by Gasteiger charge is -2.22. The van der Waals surface area contributed by atoms with Gasteiger partial charge in [-0.25, -0.2) is 0 Å². The molecular formula is C28H31F3N4O. The molecule has 0 unspecified atom stereocenters. The molecule has 0 bridgehead atoms. The summed E-state index contributed by atoms with van der Waals surface area (Å²) in [7, 11) is 3.96. The van der Waals surface area contributed by atoms with Gasteiger partial charge in [-0.2, -0.15) is 13.2 Å². The Hall–Kier alpha value is -3.65. The van der Waals surface area contributed by atoms with E-state index in [2.05, 4.69) is 15.2 Å². The summed E-state index contributed by atoms with van der Waals surface area (Å²) >= 11 is 0. The van der Waals surface area contributed by atoms with Crippen LogP contribution in [0.3, 0.4) is 0 Å². The molecule has 1 aromatic heterocycles. The van der Waals surface area contributed by atoms with E-state index in [0.717, 1.165) is 47.7 Å². The quantitative estimate of drug-likeness (QED) is 0.342. The normalized spacial score (nSPS) is 11.8. The molecule has 2 aromatic carbocycles. The van der Waals surface area contributed by atoms with Gasteiger partial charge in [-0.15, -0.1) is 0 Å². The second-order valence-electron chi connectivity index (χ2n) is 8.88. The average molecular weight is 497 g/mol. The van der Waals surface area contributed by atoms with Gasteiger partial charge in [0.05, 0.1) is 5.56 Å². The minimum Gasteiger partial charge on any atom is -0.355 e. The molecule has 1 heterocycles.